The third-order valence-electron chi connectivity index (χ3n) is 4.95. The van der Waals surface area contributed by atoms with Crippen LogP contribution in [0.1, 0.15) is 37.7 Å². The van der Waals surface area contributed by atoms with Crippen molar-refractivity contribution in [2.75, 3.05) is 31.6 Å². The molecule has 2 heterocycles. The van der Waals surface area contributed by atoms with Crippen LogP contribution < -0.4 is 10.2 Å². The molecule has 3 rings (SSSR count). The Hall–Kier alpha value is -1.55. The number of anilines is 1. The summed E-state index contributed by atoms with van der Waals surface area (Å²) < 4.78 is 0. The lowest BCUT2D eigenvalue weighted by atomic mass is 10.1. The van der Waals surface area contributed by atoms with Gasteiger partial charge in [0, 0.05) is 25.3 Å². The molecule has 2 fully saturated rings. The summed E-state index contributed by atoms with van der Waals surface area (Å²) in [5.41, 5.74) is 2.49. The summed E-state index contributed by atoms with van der Waals surface area (Å²) in [5.74, 6) is 0.167. The maximum atomic E-state index is 12.2. The quantitative estimate of drug-likeness (QED) is 0.927. The van der Waals surface area contributed by atoms with Gasteiger partial charge >= 0.3 is 0 Å². The molecule has 2 aliphatic rings. The summed E-state index contributed by atoms with van der Waals surface area (Å²) in [5, 5.41) is 3.08. The van der Waals surface area contributed by atoms with E-state index in [1.807, 2.05) is 7.05 Å². The van der Waals surface area contributed by atoms with Crippen LogP contribution in [0.4, 0.5) is 5.69 Å². The lowest BCUT2D eigenvalue weighted by molar-refractivity contribution is -0.125. The zero-order valence-corrected chi connectivity index (χ0v) is 13.6. The number of carbonyl (C=O) groups excluding carboxylic acids is 1. The second kappa shape index (κ2) is 7.14. The van der Waals surface area contributed by atoms with Crippen LogP contribution in [0.2, 0.25) is 0 Å². The molecule has 120 valence electrons. The highest BCUT2D eigenvalue weighted by atomic mass is 16.2. The van der Waals surface area contributed by atoms with E-state index in [0.29, 0.717) is 6.54 Å². The molecule has 1 atom stereocenters. The van der Waals surface area contributed by atoms with Gasteiger partial charge in [0.15, 0.2) is 0 Å². The number of hydrogen-bond acceptors (Lipinski definition) is 3. The second-order valence-electron chi connectivity index (χ2n) is 6.57. The van der Waals surface area contributed by atoms with Crippen LogP contribution in [0.3, 0.4) is 0 Å². The van der Waals surface area contributed by atoms with Crippen molar-refractivity contribution < 1.29 is 4.79 Å². The van der Waals surface area contributed by atoms with Gasteiger partial charge in [0.2, 0.25) is 5.91 Å². The molecule has 1 N–H and O–H groups in total. The van der Waals surface area contributed by atoms with Crippen molar-refractivity contribution in [2.45, 2.75) is 44.7 Å². The van der Waals surface area contributed by atoms with E-state index in [1.54, 1.807) is 0 Å². The highest BCUT2D eigenvalue weighted by molar-refractivity contribution is 5.82. The van der Waals surface area contributed by atoms with Crippen LogP contribution in [-0.4, -0.2) is 43.5 Å². The first-order valence-corrected chi connectivity index (χ1v) is 8.56. The molecule has 0 spiro atoms. The Labute approximate surface area is 133 Å². The molecular weight excluding hydrogens is 274 g/mol. The Morgan fingerprint density at radius 1 is 1.09 bits per heavy atom. The average Bonchev–Trinajstić information content (AvgIpc) is 3.00. The summed E-state index contributed by atoms with van der Waals surface area (Å²) in [4.78, 5) is 16.8. The number of likely N-dealkylation sites (tertiary alicyclic amines) is 1. The van der Waals surface area contributed by atoms with Crippen molar-refractivity contribution in [3.05, 3.63) is 29.8 Å². The Kier molecular flexibility index (Phi) is 4.98. The van der Waals surface area contributed by atoms with Gasteiger partial charge in [0.25, 0.3) is 0 Å². The highest BCUT2D eigenvalue weighted by Crippen LogP contribution is 2.20. The third-order valence-corrected chi connectivity index (χ3v) is 4.95. The van der Waals surface area contributed by atoms with E-state index in [2.05, 4.69) is 39.4 Å². The van der Waals surface area contributed by atoms with E-state index in [9.17, 15) is 4.79 Å². The summed E-state index contributed by atoms with van der Waals surface area (Å²) in [6.45, 7) is 4.00. The minimum absolute atomic E-state index is 0.0626. The normalized spacial score (nSPS) is 22.8. The van der Waals surface area contributed by atoms with Crippen LogP contribution in [0.15, 0.2) is 24.3 Å². The smallest absolute Gasteiger partial charge is 0.237 e. The fraction of sp³-hybridized carbons (Fsp3) is 0.611. The molecule has 1 unspecified atom stereocenters. The number of nitrogens with one attached hydrogen (secondary N) is 1. The van der Waals surface area contributed by atoms with E-state index in [1.165, 1.54) is 43.6 Å². The maximum Gasteiger partial charge on any atom is 0.237 e. The van der Waals surface area contributed by atoms with Gasteiger partial charge in [-0.3, -0.25) is 9.69 Å². The number of amides is 1. The van der Waals surface area contributed by atoms with Crippen LogP contribution in [0, 0.1) is 0 Å². The number of likely N-dealkylation sites (N-methyl/N-ethyl adjacent to an activating group) is 1. The molecule has 0 aliphatic carbocycles. The van der Waals surface area contributed by atoms with E-state index in [0.717, 1.165) is 19.4 Å². The predicted octanol–water partition coefficient (Wildman–Crippen LogP) is 2.39. The molecule has 1 amide bonds. The SMILES string of the molecule is CN1CCCC1C(=O)NCc1ccc(N2CCCCC2)cc1. The molecular formula is C18H27N3O. The molecule has 0 bridgehead atoms. The van der Waals surface area contributed by atoms with Crippen molar-refractivity contribution in [3.8, 4) is 0 Å². The maximum absolute atomic E-state index is 12.2. The molecule has 0 saturated carbocycles. The minimum Gasteiger partial charge on any atom is -0.372 e. The number of rotatable bonds is 4. The van der Waals surface area contributed by atoms with Crippen molar-refractivity contribution in [2.24, 2.45) is 0 Å². The summed E-state index contributed by atoms with van der Waals surface area (Å²) in [6, 6.07) is 8.72. The lowest BCUT2D eigenvalue weighted by Gasteiger charge is -2.28. The predicted molar refractivity (Wildman–Crippen MR) is 90.0 cm³/mol. The molecule has 0 aromatic heterocycles. The van der Waals surface area contributed by atoms with Gasteiger partial charge in [-0.15, -0.1) is 0 Å². The van der Waals surface area contributed by atoms with Crippen molar-refractivity contribution in [1.29, 1.82) is 0 Å². The topological polar surface area (TPSA) is 35.6 Å². The van der Waals surface area contributed by atoms with Crippen LogP contribution in [-0.2, 0) is 11.3 Å². The Morgan fingerprint density at radius 3 is 2.45 bits per heavy atom. The average molecular weight is 301 g/mol. The number of nitrogens with zero attached hydrogens (tertiary/aromatic N) is 2. The van der Waals surface area contributed by atoms with E-state index in [4.69, 9.17) is 0 Å². The lowest BCUT2D eigenvalue weighted by Crippen LogP contribution is -2.41. The zero-order chi connectivity index (χ0) is 15.4. The first-order chi connectivity index (χ1) is 10.7. The highest BCUT2D eigenvalue weighted by Gasteiger charge is 2.27. The molecule has 4 nitrogen and oxygen atoms in total. The largest absolute Gasteiger partial charge is 0.372 e. The Bertz CT molecular complexity index is 494. The van der Waals surface area contributed by atoms with Gasteiger partial charge in [-0.05, 0) is 63.4 Å². The van der Waals surface area contributed by atoms with Crippen molar-refractivity contribution >= 4 is 11.6 Å². The second-order valence-corrected chi connectivity index (χ2v) is 6.57. The molecule has 4 heteroatoms. The van der Waals surface area contributed by atoms with E-state index in [-0.39, 0.29) is 11.9 Å². The fourth-order valence-electron chi connectivity index (χ4n) is 3.53. The molecule has 0 radical (unpaired) electrons. The van der Waals surface area contributed by atoms with Crippen LogP contribution in [0.5, 0.6) is 0 Å². The van der Waals surface area contributed by atoms with Crippen LogP contribution >= 0.6 is 0 Å². The standard InChI is InChI=1S/C18H27N3O/c1-20-11-5-6-17(20)18(22)19-14-15-7-9-16(10-8-15)21-12-3-2-4-13-21/h7-10,17H,2-6,11-14H2,1H3,(H,19,22). The summed E-state index contributed by atoms with van der Waals surface area (Å²) in [7, 11) is 2.03. The van der Waals surface area contributed by atoms with Crippen molar-refractivity contribution in [3.63, 3.8) is 0 Å². The molecule has 22 heavy (non-hydrogen) atoms. The first kappa shape index (κ1) is 15.3. The number of benzene rings is 1. The number of hydrogen-bond donors (Lipinski definition) is 1. The Balaban J connectivity index is 1.51. The first-order valence-electron chi connectivity index (χ1n) is 8.56. The van der Waals surface area contributed by atoms with Gasteiger partial charge in [-0.2, -0.15) is 0 Å². The van der Waals surface area contributed by atoms with Gasteiger partial charge < -0.3 is 10.2 Å². The molecule has 1 aromatic carbocycles. The van der Waals surface area contributed by atoms with Gasteiger partial charge in [0.05, 0.1) is 6.04 Å². The molecule has 2 aliphatic heterocycles. The van der Waals surface area contributed by atoms with Gasteiger partial charge in [-0.25, -0.2) is 0 Å². The van der Waals surface area contributed by atoms with Crippen LogP contribution in [0.25, 0.3) is 0 Å². The molecule has 1 aromatic rings. The van der Waals surface area contributed by atoms with E-state index >= 15 is 0 Å². The minimum atomic E-state index is 0.0626. The molecule has 2 saturated heterocycles. The van der Waals surface area contributed by atoms with Gasteiger partial charge in [-0.1, -0.05) is 12.1 Å². The summed E-state index contributed by atoms with van der Waals surface area (Å²) in [6.07, 6.45) is 6.06. The monoisotopic (exact) mass is 301 g/mol. The summed E-state index contributed by atoms with van der Waals surface area (Å²) >= 11 is 0. The number of piperidine rings is 1. The van der Waals surface area contributed by atoms with Crippen molar-refractivity contribution in [1.82, 2.24) is 10.2 Å². The Morgan fingerprint density at radius 2 is 1.82 bits per heavy atom. The fourth-order valence-corrected chi connectivity index (χ4v) is 3.53. The number of carbonyl (C=O) groups is 1. The van der Waals surface area contributed by atoms with E-state index < -0.39 is 0 Å². The third kappa shape index (κ3) is 3.61. The van der Waals surface area contributed by atoms with Gasteiger partial charge in [0.1, 0.15) is 0 Å². The zero-order valence-electron chi connectivity index (χ0n) is 13.6.